The quantitative estimate of drug-likeness (QED) is 0.500. The van der Waals surface area contributed by atoms with Gasteiger partial charge < -0.3 is 9.47 Å². The number of esters is 2. The number of hydrogen-bond acceptors (Lipinski definition) is 4. The minimum absolute atomic E-state index is 0.0119. The normalized spacial score (nSPS) is 9.57. The van der Waals surface area contributed by atoms with E-state index >= 15 is 0 Å². The predicted molar refractivity (Wildman–Crippen MR) is 52.6 cm³/mol. The summed E-state index contributed by atoms with van der Waals surface area (Å²) >= 11 is 10.6. The van der Waals surface area contributed by atoms with Crippen molar-refractivity contribution in [2.75, 3.05) is 25.0 Å². The first-order valence-electron chi connectivity index (χ1n) is 4.14. The molecule has 4 nitrogen and oxygen atoms in total. The Bertz CT molecular complexity index is 164. The molecule has 0 aliphatic carbocycles. The van der Waals surface area contributed by atoms with Gasteiger partial charge in [0, 0.05) is 0 Å². The van der Waals surface area contributed by atoms with Crippen molar-refractivity contribution in [2.24, 2.45) is 0 Å². The van der Waals surface area contributed by atoms with E-state index in [0.717, 1.165) is 0 Å². The summed E-state index contributed by atoms with van der Waals surface area (Å²) in [5.41, 5.74) is 0. The number of hydrogen-bond donors (Lipinski definition) is 0. The molecule has 14 heavy (non-hydrogen) atoms. The van der Waals surface area contributed by atoms with Crippen molar-refractivity contribution < 1.29 is 19.1 Å². The molecule has 0 aliphatic rings. The first-order valence-corrected chi connectivity index (χ1v) is 5.20. The van der Waals surface area contributed by atoms with E-state index in [9.17, 15) is 9.59 Å². The van der Waals surface area contributed by atoms with E-state index in [1.54, 1.807) is 0 Å². The molecule has 0 saturated heterocycles. The third-order valence-electron chi connectivity index (χ3n) is 1.21. The van der Waals surface area contributed by atoms with Gasteiger partial charge in [-0.3, -0.25) is 9.59 Å². The molecule has 0 amide bonds. The predicted octanol–water partition coefficient (Wildman–Crippen LogP) is 1.33. The summed E-state index contributed by atoms with van der Waals surface area (Å²) in [5.74, 6) is -0.396. The van der Waals surface area contributed by atoms with Crippen molar-refractivity contribution >= 4 is 35.1 Å². The van der Waals surface area contributed by atoms with E-state index in [4.69, 9.17) is 23.2 Å². The molecule has 0 spiro atoms. The Labute approximate surface area is 92.5 Å². The van der Waals surface area contributed by atoms with Gasteiger partial charge in [0.05, 0.1) is 24.6 Å². The molecule has 0 unspecified atom stereocenters. The summed E-state index contributed by atoms with van der Waals surface area (Å²) in [5, 5.41) is 0. The zero-order chi connectivity index (χ0) is 10.8. The highest BCUT2D eigenvalue weighted by Gasteiger charge is 2.08. The number of ether oxygens (including phenoxy) is 2. The lowest BCUT2D eigenvalue weighted by molar-refractivity contribution is -0.149. The van der Waals surface area contributed by atoms with E-state index in [1.807, 2.05) is 0 Å². The van der Waals surface area contributed by atoms with Gasteiger partial charge in [-0.05, 0) is 0 Å². The SMILES string of the molecule is O=C(CCC(=O)OCCCl)OCCCl. The molecule has 0 saturated carbocycles. The van der Waals surface area contributed by atoms with Crippen molar-refractivity contribution in [3.8, 4) is 0 Å². The fourth-order valence-corrected chi connectivity index (χ4v) is 0.808. The Hall–Kier alpha value is -0.480. The number of halogens is 2. The standard InChI is InChI=1S/C8H12Cl2O4/c9-3-5-13-7(11)1-2-8(12)14-6-4-10/h1-6H2. The van der Waals surface area contributed by atoms with Crippen molar-refractivity contribution in [3.63, 3.8) is 0 Å². The summed E-state index contributed by atoms with van der Waals surface area (Å²) in [6.45, 7) is 0.328. The van der Waals surface area contributed by atoms with Crippen molar-refractivity contribution in [3.05, 3.63) is 0 Å². The highest BCUT2D eigenvalue weighted by molar-refractivity contribution is 6.18. The summed E-state index contributed by atoms with van der Waals surface area (Å²) in [6.07, 6.45) is 0.0238. The van der Waals surface area contributed by atoms with Crippen LogP contribution in [0.3, 0.4) is 0 Å². The Kier molecular flexibility index (Phi) is 8.78. The van der Waals surface area contributed by atoms with Gasteiger partial charge in [-0.15, -0.1) is 23.2 Å². The zero-order valence-electron chi connectivity index (χ0n) is 7.63. The molecule has 82 valence electrons. The molecule has 0 aromatic rings. The van der Waals surface area contributed by atoms with Gasteiger partial charge in [-0.25, -0.2) is 0 Å². The molecule has 0 bridgehead atoms. The lowest BCUT2D eigenvalue weighted by atomic mass is 10.3. The van der Waals surface area contributed by atoms with Crippen LogP contribution in [0.4, 0.5) is 0 Å². The molecule has 0 radical (unpaired) electrons. The van der Waals surface area contributed by atoms with Crippen LogP contribution in [-0.2, 0) is 19.1 Å². The Morgan fingerprint density at radius 2 is 1.21 bits per heavy atom. The van der Waals surface area contributed by atoms with Gasteiger partial charge >= 0.3 is 11.9 Å². The van der Waals surface area contributed by atoms with Crippen LogP contribution in [0, 0.1) is 0 Å². The van der Waals surface area contributed by atoms with Crippen molar-refractivity contribution in [1.29, 1.82) is 0 Å². The lowest BCUT2D eigenvalue weighted by Crippen LogP contribution is -2.12. The average Bonchev–Trinajstić information content (AvgIpc) is 2.20. The molecular formula is C8H12Cl2O4. The second kappa shape index (κ2) is 9.09. The maximum Gasteiger partial charge on any atom is 0.306 e. The third-order valence-corrected chi connectivity index (χ3v) is 1.52. The molecule has 0 rings (SSSR count). The van der Waals surface area contributed by atoms with E-state index < -0.39 is 11.9 Å². The fourth-order valence-electron chi connectivity index (χ4n) is 0.653. The molecule has 0 aromatic heterocycles. The van der Waals surface area contributed by atoms with Gasteiger partial charge in [0.1, 0.15) is 13.2 Å². The van der Waals surface area contributed by atoms with Crippen LogP contribution in [0.5, 0.6) is 0 Å². The molecule has 0 N–H and O–H groups in total. The summed E-state index contributed by atoms with van der Waals surface area (Å²) < 4.78 is 9.28. The minimum Gasteiger partial charge on any atom is -0.464 e. The summed E-state index contributed by atoms with van der Waals surface area (Å²) in [6, 6.07) is 0. The largest absolute Gasteiger partial charge is 0.464 e. The minimum atomic E-state index is -0.450. The number of rotatable bonds is 7. The Morgan fingerprint density at radius 1 is 0.857 bits per heavy atom. The van der Waals surface area contributed by atoms with Crippen molar-refractivity contribution in [2.45, 2.75) is 12.8 Å². The molecule has 0 heterocycles. The second-order valence-corrected chi connectivity index (χ2v) is 3.07. The summed E-state index contributed by atoms with van der Waals surface area (Å²) in [7, 11) is 0. The average molecular weight is 243 g/mol. The van der Waals surface area contributed by atoms with Gasteiger partial charge in [0.2, 0.25) is 0 Å². The first-order chi connectivity index (χ1) is 6.70. The molecule has 0 fully saturated rings. The van der Waals surface area contributed by atoms with Crippen molar-refractivity contribution in [1.82, 2.24) is 0 Å². The van der Waals surface area contributed by atoms with Crippen LogP contribution in [0.25, 0.3) is 0 Å². The van der Waals surface area contributed by atoms with Gasteiger partial charge in [-0.2, -0.15) is 0 Å². The molecule has 6 heteroatoms. The van der Waals surface area contributed by atoms with E-state index in [-0.39, 0.29) is 37.8 Å². The topological polar surface area (TPSA) is 52.6 Å². The van der Waals surface area contributed by atoms with Gasteiger partial charge in [0.25, 0.3) is 0 Å². The molecule has 0 aromatic carbocycles. The van der Waals surface area contributed by atoms with Gasteiger partial charge in [0.15, 0.2) is 0 Å². The van der Waals surface area contributed by atoms with Crippen LogP contribution >= 0.6 is 23.2 Å². The smallest absolute Gasteiger partial charge is 0.306 e. The third kappa shape index (κ3) is 8.13. The van der Waals surface area contributed by atoms with E-state index in [2.05, 4.69) is 9.47 Å². The zero-order valence-corrected chi connectivity index (χ0v) is 9.14. The highest BCUT2D eigenvalue weighted by Crippen LogP contribution is 1.96. The Balaban J connectivity index is 3.41. The van der Waals surface area contributed by atoms with Crippen LogP contribution < -0.4 is 0 Å². The molecule has 0 aliphatic heterocycles. The molecular weight excluding hydrogens is 231 g/mol. The van der Waals surface area contributed by atoms with E-state index in [1.165, 1.54) is 0 Å². The maximum absolute atomic E-state index is 10.9. The highest BCUT2D eigenvalue weighted by atomic mass is 35.5. The fraction of sp³-hybridized carbons (Fsp3) is 0.750. The molecule has 0 atom stereocenters. The monoisotopic (exact) mass is 242 g/mol. The van der Waals surface area contributed by atoms with Crippen LogP contribution in [0.1, 0.15) is 12.8 Å². The Morgan fingerprint density at radius 3 is 1.50 bits per heavy atom. The van der Waals surface area contributed by atoms with E-state index in [0.29, 0.717) is 0 Å². The van der Waals surface area contributed by atoms with Crippen LogP contribution in [0.2, 0.25) is 0 Å². The number of alkyl halides is 2. The van der Waals surface area contributed by atoms with Crippen LogP contribution in [-0.4, -0.2) is 36.9 Å². The first kappa shape index (κ1) is 13.5. The van der Waals surface area contributed by atoms with Gasteiger partial charge in [-0.1, -0.05) is 0 Å². The summed E-state index contributed by atoms with van der Waals surface area (Å²) in [4.78, 5) is 21.7. The lowest BCUT2D eigenvalue weighted by Gasteiger charge is -2.02. The maximum atomic E-state index is 10.9. The second-order valence-electron chi connectivity index (χ2n) is 2.32. The number of carbonyl (C=O) groups is 2. The number of carbonyl (C=O) groups excluding carboxylic acids is 2. The van der Waals surface area contributed by atoms with Crippen LogP contribution in [0.15, 0.2) is 0 Å².